The lowest BCUT2D eigenvalue weighted by atomic mass is 9.94. The van der Waals surface area contributed by atoms with Crippen molar-refractivity contribution in [3.05, 3.63) is 34.4 Å². The summed E-state index contributed by atoms with van der Waals surface area (Å²) in [6.45, 7) is 3.87. The normalized spacial score (nSPS) is 12.2. The molecule has 4 heteroatoms. The third-order valence-corrected chi connectivity index (χ3v) is 2.90. The molecular weight excluding hydrogens is 218 g/mol. The lowest BCUT2D eigenvalue weighted by molar-refractivity contribution is -0.137. The van der Waals surface area contributed by atoms with E-state index in [9.17, 15) is 9.59 Å². The minimum atomic E-state index is -0.878. The largest absolute Gasteiger partial charge is 0.481 e. The molecule has 0 saturated heterocycles. The Balaban J connectivity index is 2.99. The molecule has 0 spiro atoms. The number of carboxylic acid groups (broad SMARTS) is 1. The average molecular weight is 235 g/mol. The van der Waals surface area contributed by atoms with E-state index in [0.29, 0.717) is 12.0 Å². The molecule has 0 aliphatic rings. The Labute approximate surface area is 100 Å². The summed E-state index contributed by atoms with van der Waals surface area (Å²) in [5, 5.41) is 8.61. The number of carbonyl (C=O) groups is 2. The van der Waals surface area contributed by atoms with Crippen LogP contribution in [-0.2, 0) is 4.79 Å². The van der Waals surface area contributed by atoms with Crippen LogP contribution in [0.1, 0.15) is 45.9 Å². The monoisotopic (exact) mass is 235 g/mol. The van der Waals surface area contributed by atoms with Gasteiger partial charge in [0.2, 0.25) is 0 Å². The van der Waals surface area contributed by atoms with Crippen LogP contribution >= 0.6 is 0 Å². The molecule has 0 fully saturated rings. The van der Waals surface area contributed by atoms with E-state index in [0.717, 1.165) is 23.0 Å². The van der Waals surface area contributed by atoms with Crippen LogP contribution in [0, 0.1) is 13.8 Å². The van der Waals surface area contributed by atoms with Gasteiger partial charge in [0.05, 0.1) is 0 Å². The number of nitrogens with two attached hydrogens (primary N) is 1. The molecule has 92 valence electrons. The first-order valence-electron chi connectivity index (χ1n) is 5.49. The number of aliphatic carboxylic acids is 1. The molecule has 3 N–H and O–H groups in total. The van der Waals surface area contributed by atoms with Gasteiger partial charge >= 0.3 is 5.97 Å². The molecule has 4 nitrogen and oxygen atoms in total. The standard InChI is InChI=1S/C13H17NO3/c1-8-5-10(7-15)11(6-9(8)2)12(14)3-4-13(16)17/h5-7,12H,3-4,14H2,1-2H3,(H,16,17). The minimum Gasteiger partial charge on any atom is -0.481 e. The molecular formula is C13H17NO3. The SMILES string of the molecule is Cc1cc(C=O)c(C(N)CCC(=O)O)cc1C. The van der Waals surface area contributed by atoms with E-state index in [2.05, 4.69) is 0 Å². The van der Waals surface area contributed by atoms with Gasteiger partial charge in [-0.1, -0.05) is 6.07 Å². The highest BCUT2D eigenvalue weighted by Crippen LogP contribution is 2.22. The van der Waals surface area contributed by atoms with E-state index in [-0.39, 0.29) is 6.42 Å². The van der Waals surface area contributed by atoms with Crippen molar-refractivity contribution in [2.75, 3.05) is 0 Å². The summed E-state index contributed by atoms with van der Waals surface area (Å²) >= 11 is 0. The first kappa shape index (κ1) is 13.4. The maximum atomic E-state index is 11.0. The first-order chi connectivity index (χ1) is 7.95. The molecule has 1 rings (SSSR count). The Morgan fingerprint density at radius 3 is 2.53 bits per heavy atom. The van der Waals surface area contributed by atoms with E-state index < -0.39 is 12.0 Å². The highest BCUT2D eigenvalue weighted by atomic mass is 16.4. The number of aldehydes is 1. The van der Waals surface area contributed by atoms with Crippen molar-refractivity contribution in [2.24, 2.45) is 5.73 Å². The number of carbonyl (C=O) groups excluding carboxylic acids is 1. The molecule has 0 heterocycles. The van der Waals surface area contributed by atoms with E-state index in [1.807, 2.05) is 19.9 Å². The molecule has 1 aromatic carbocycles. The van der Waals surface area contributed by atoms with E-state index in [1.54, 1.807) is 6.07 Å². The summed E-state index contributed by atoms with van der Waals surface area (Å²) < 4.78 is 0. The van der Waals surface area contributed by atoms with Crippen LogP contribution in [0.5, 0.6) is 0 Å². The predicted octanol–water partition coefficient (Wildman–Crippen LogP) is 1.98. The van der Waals surface area contributed by atoms with Gasteiger partial charge in [0.15, 0.2) is 0 Å². The molecule has 0 saturated carbocycles. The Bertz CT molecular complexity index is 441. The van der Waals surface area contributed by atoms with Crippen LogP contribution in [0.2, 0.25) is 0 Å². The fourth-order valence-corrected chi connectivity index (χ4v) is 1.72. The highest BCUT2D eigenvalue weighted by molar-refractivity contribution is 5.78. The van der Waals surface area contributed by atoms with Crippen molar-refractivity contribution in [3.63, 3.8) is 0 Å². The zero-order valence-corrected chi connectivity index (χ0v) is 10.1. The number of rotatable bonds is 5. The molecule has 0 aliphatic heterocycles. The zero-order valence-electron chi connectivity index (χ0n) is 10.1. The van der Waals surface area contributed by atoms with Gasteiger partial charge in [-0.2, -0.15) is 0 Å². The highest BCUT2D eigenvalue weighted by Gasteiger charge is 2.13. The second-order valence-corrected chi connectivity index (χ2v) is 4.22. The first-order valence-corrected chi connectivity index (χ1v) is 5.49. The maximum Gasteiger partial charge on any atom is 0.303 e. The number of benzene rings is 1. The van der Waals surface area contributed by atoms with Crippen LogP contribution in [-0.4, -0.2) is 17.4 Å². The molecule has 1 aromatic rings. The van der Waals surface area contributed by atoms with Crippen LogP contribution in [0.15, 0.2) is 12.1 Å². The molecule has 0 amide bonds. The van der Waals surface area contributed by atoms with Gasteiger partial charge in [-0.25, -0.2) is 0 Å². The Hall–Kier alpha value is -1.68. The number of aryl methyl sites for hydroxylation is 2. The van der Waals surface area contributed by atoms with Crippen molar-refractivity contribution < 1.29 is 14.7 Å². The lowest BCUT2D eigenvalue weighted by Gasteiger charge is -2.15. The van der Waals surface area contributed by atoms with Crippen LogP contribution < -0.4 is 5.73 Å². The molecule has 0 aliphatic carbocycles. The van der Waals surface area contributed by atoms with Crippen molar-refractivity contribution in [1.29, 1.82) is 0 Å². The van der Waals surface area contributed by atoms with Gasteiger partial charge in [0.1, 0.15) is 6.29 Å². The second-order valence-electron chi connectivity index (χ2n) is 4.22. The molecule has 17 heavy (non-hydrogen) atoms. The van der Waals surface area contributed by atoms with Crippen LogP contribution in [0.25, 0.3) is 0 Å². The topological polar surface area (TPSA) is 80.4 Å². The third kappa shape index (κ3) is 3.39. The third-order valence-electron chi connectivity index (χ3n) is 2.90. The lowest BCUT2D eigenvalue weighted by Crippen LogP contribution is -2.15. The summed E-state index contributed by atoms with van der Waals surface area (Å²) in [4.78, 5) is 21.4. The summed E-state index contributed by atoms with van der Waals surface area (Å²) in [5.74, 6) is -0.878. The van der Waals surface area contributed by atoms with E-state index >= 15 is 0 Å². The van der Waals surface area contributed by atoms with Crippen molar-refractivity contribution in [2.45, 2.75) is 32.7 Å². The number of carboxylic acids is 1. The second kappa shape index (κ2) is 5.59. The minimum absolute atomic E-state index is 0.00634. The van der Waals surface area contributed by atoms with E-state index in [4.69, 9.17) is 10.8 Å². The van der Waals surface area contributed by atoms with Crippen molar-refractivity contribution in [3.8, 4) is 0 Å². The maximum absolute atomic E-state index is 11.0. The summed E-state index contributed by atoms with van der Waals surface area (Å²) in [6.07, 6.45) is 1.10. The molecule has 1 atom stereocenters. The molecule has 0 bridgehead atoms. The van der Waals surface area contributed by atoms with Crippen LogP contribution in [0.3, 0.4) is 0 Å². The van der Waals surface area contributed by atoms with Crippen LogP contribution in [0.4, 0.5) is 0 Å². The fraction of sp³-hybridized carbons (Fsp3) is 0.385. The Morgan fingerprint density at radius 2 is 2.00 bits per heavy atom. The summed E-state index contributed by atoms with van der Waals surface area (Å²) in [5.41, 5.74) is 9.27. The van der Waals surface area contributed by atoms with Crippen molar-refractivity contribution >= 4 is 12.3 Å². The average Bonchev–Trinajstić information content (AvgIpc) is 2.28. The molecule has 0 radical (unpaired) electrons. The van der Waals surface area contributed by atoms with Crippen molar-refractivity contribution in [1.82, 2.24) is 0 Å². The Morgan fingerprint density at radius 1 is 1.41 bits per heavy atom. The number of hydrogen-bond donors (Lipinski definition) is 2. The fourth-order valence-electron chi connectivity index (χ4n) is 1.72. The Kier molecular flexibility index (Phi) is 4.40. The number of hydrogen-bond acceptors (Lipinski definition) is 3. The van der Waals surface area contributed by atoms with Gasteiger partial charge in [-0.05, 0) is 43.0 Å². The van der Waals surface area contributed by atoms with Gasteiger partial charge in [-0.3, -0.25) is 9.59 Å². The summed E-state index contributed by atoms with van der Waals surface area (Å²) in [6, 6.07) is 3.25. The quantitative estimate of drug-likeness (QED) is 0.765. The summed E-state index contributed by atoms with van der Waals surface area (Å²) in [7, 11) is 0. The van der Waals surface area contributed by atoms with Gasteiger partial charge in [0, 0.05) is 18.0 Å². The van der Waals surface area contributed by atoms with Gasteiger partial charge in [-0.15, -0.1) is 0 Å². The van der Waals surface area contributed by atoms with E-state index in [1.165, 1.54) is 0 Å². The van der Waals surface area contributed by atoms with Gasteiger partial charge < -0.3 is 10.8 Å². The predicted molar refractivity (Wildman–Crippen MR) is 65.1 cm³/mol. The smallest absolute Gasteiger partial charge is 0.303 e. The van der Waals surface area contributed by atoms with Gasteiger partial charge in [0.25, 0.3) is 0 Å². The molecule has 0 aromatic heterocycles. The molecule has 1 unspecified atom stereocenters. The zero-order chi connectivity index (χ0) is 13.0.